The minimum Gasteiger partial charge on any atom is -0.350 e. The molecule has 2 N–H and O–H groups in total. The van der Waals surface area contributed by atoms with Crippen molar-refractivity contribution in [2.45, 2.75) is 12.8 Å². The maximum atomic E-state index is 12.1. The molecule has 1 aliphatic heterocycles. The quantitative estimate of drug-likeness (QED) is 0.897. The molecule has 2 heterocycles. The van der Waals surface area contributed by atoms with Gasteiger partial charge in [0.25, 0.3) is 5.91 Å². The second kappa shape index (κ2) is 8.88. The standard InChI is InChI=1S/C15H18N4O.2ClH/c20-15(18-9-11-4-3-7-16-8-11)14-10-17-12-5-1-2-6-13(12)19-14;;/h1-2,5-6,10-11,16H,3-4,7-9H2,(H,18,20);2*1H. The summed E-state index contributed by atoms with van der Waals surface area (Å²) in [6.45, 7) is 2.75. The summed E-state index contributed by atoms with van der Waals surface area (Å²) in [4.78, 5) is 20.7. The molecule has 1 aliphatic rings. The van der Waals surface area contributed by atoms with Gasteiger partial charge in [0.05, 0.1) is 17.2 Å². The van der Waals surface area contributed by atoms with Crippen molar-refractivity contribution >= 4 is 41.8 Å². The van der Waals surface area contributed by atoms with E-state index in [2.05, 4.69) is 20.6 Å². The number of piperidine rings is 1. The number of halogens is 2. The number of carbonyl (C=O) groups excluding carboxylic acids is 1. The summed E-state index contributed by atoms with van der Waals surface area (Å²) in [5.41, 5.74) is 1.94. The molecule has 1 aromatic heterocycles. The number of amides is 1. The predicted molar refractivity (Wildman–Crippen MR) is 92.0 cm³/mol. The van der Waals surface area contributed by atoms with Crippen molar-refractivity contribution < 1.29 is 4.79 Å². The topological polar surface area (TPSA) is 66.9 Å². The fourth-order valence-electron chi connectivity index (χ4n) is 2.49. The van der Waals surface area contributed by atoms with Crippen LogP contribution in [-0.4, -0.2) is 35.5 Å². The second-order valence-electron chi connectivity index (χ2n) is 5.17. The van der Waals surface area contributed by atoms with Crippen LogP contribution in [0.2, 0.25) is 0 Å². The second-order valence-corrected chi connectivity index (χ2v) is 5.17. The van der Waals surface area contributed by atoms with Crippen LogP contribution >= 0.6 is 24.8 Å². The maximum Gasteiger partial charge on any atom is 0.271 e. The van der Waals surface area contributed by atoms with Gasteiger partial charge in [0.1, 0.15) is 5.69 Å². The summed E-state index contributed by atoms with van der Waals surface area (Å²) in [6.07, 6.45) is 3.88. The van der Waals surface area contributed by atoms with E-state index in [9.17, 15) is 4.79 Å². The Labute approximate surface area is 142 Å². The van der Waals surface area contributed by atoms with Crippen molar-refractivity contribution in [2.24, 2.45) is 5.92 Å². The van der Waals surface area contributed by atoms with E-state index < -0.39 is 0 Å². The molecule has 1 atom stereocenters. The van der Waals surface area contributed by atoms with Crippen molar-refractivity contribution in [3.05, 3.63) is 36.2 Å². The molecule has 0 spiro atoms. The largest absolute Gasteiger partial charge is 0.350 e. The molecule has 1 amide bonds. The number of nitrogens with one attached hydrogen (secondary N) is 2. The number of hydrogen-bond donors (Lipinski definition) is 2. The Morgan fingerprint density at radius 2 is 2.05 bits per heavy atom. The predicted octanol–water partition coefficient (Wildman–Crippen LogP) is 2.20. The first-order valence-electron chi connectivity index (χ1n) is 7.03. The van der Waals surface area contributed by atoms with Crippen molar-refractivity contribution in [1.82, 2.24) is 20.6 Å². The molecule has 0 bridgehead atoms. The normalized spacial score (nSPS) is 17.2. The molecule has 7 heteroatoms. The minimum absolute atomic E-state index is 0. The molecular weight excluding hydrogens is 323 g/mol. The Balaban J connectivity index is 0.00000121. The van der Waals surface area contributed by atoms with E-state index in [1.165, 1.54) is 12.6 Å². The Kier molecular flexibility index (Phi) is 7.51. The summed E-state index contributed by atoms with van der Waals surface area (Å²) in [5, 5.41) is 6.30. The van der Waals surface area contributed by atoms with Crippen molar-refractivity contribution in [2.75, 3.05) is 19.6 Å². The van der Waals surface area contributed by atoms with Crippen LogP contribution in [0.15, 0.2) is 30.5 Å². The van der Waals surface area contributed by atoms with Gasteiger partial charge in [-0.05, 0) is 44.0 Å². The number of nitrogens with zero attached hydrogens (tertiary/aromatic N) is 2. The molecule has 5 nitrogen and oxygen atoms in total. The summed E-state index contributed by atoms with van der Waals surface area (Å²) < 4.78 is 0. The fraction of sp³-hybridized carbons (Fsp3) is 0.400. The maximum absolute atomic E-state index is 12.1. The molecule has 1 unspecified atom stereocenters. The molecule has 0 radical (unpaired) electrons. The average Bonchev–Trinajstić information content (AvgIpc) is 2.53. The highest BCUT2D eigenvalue weighted by Gasteiger charge is 2.15. The zero-order chi connectivity index (χ0) is 13.8. The third kappa shape index (κ3) is 4.53. The fourth-order valence-corrected chi connectivity index (χ4v) is 2.49. The monoisotopic (exact) mass is 342 g/mol. The summed E-state index contributed by atoms with van der Waals surface area (Å²) >= 11 is 0. The number of fused-ring (bicyclic) bond motifs is 1. The zero-order valence-corrected chi connectivity index (χ0v) is 13.8. The van der Waals surface area contributed by atoms with E-state index in [0.717, 1.165) is 30.5 Å². The number of benzene rings is 1. The van der Waals surface area contributed by atoms with Crippen LogP contribution in [0, 0.1) is 5.92 Å². The first-order valence-corrected chi connectivity index (χ1v) is 7.03. The highest BCUT2D eigenvalue weighted by Crippen LogP contribution is 2.10. The lowest BCUT2D eigenvalue weighted by Gasteiger charge is -2.22. The average molecular weight is 343 g/mol. The van der Waals surface area contributed by atoms with Gasteiger partial charge < -0.3 is 10.6 Å². The molecule has 2 aromatic rings. The number of carbonyl (C=O) groups is 1. The van der Waals surface area contributed by atoms with Gasteiger partial charge in [-0.2, -0.15) is 0 Å². The lowest BCUT2D eigenvalue weighted by molar-refractivity contribution is 0.0940. The van der Waals surface area contributed by atoms with Crippen LogP contribution in [0.4, 0.5) is 0 Å². The van der Waals surface area contributed by atoms with E-state index in [1.54, 1.807) is 0 Å². The van der Waals surface area contributed by atoms with E-state index >= 15 is 0 Å². The molecule has 1 aromatic carbocycles. The molecule has 22 heavy (non-hydrogen) atoms. The molecule has 1 saturated heterocycles. The van der Waals surface area contributed by atoms with Gasteiger partial charge >= 0.3 is 0 Å². The number of hydrogen-bond acceptors (Lipinski definition) is 4. The summed E-state index contributed by atoms with van der Waals surface area (Å²) in [7, 11) is 0. The van der Waals surface area contributed by atoms with Gasteiger partial charge in [0.2, 0.25) is 0 Å². The molecule has 0 saturated carbocycles. The molecule has 1 fully saturated rings. The van der Waals surface area contributed by atoms with Gasteiger partial charge in [-0.3, -0.25) is 9.78 Å². The highest BCUT2D eigenvalue weighted by molar-refractivity contribution is 5.93. The minimum atomic E-state index is -0.145. The Bertz CT molecular complexity index is 617. The first-order chi connectivity index (χ1) is 9.83. The van der Waals surface area contributed by atoms with Gasteiger partial charge in [0, 0.05) is 6.54 Å². The van der Waals surface area contributed by atoms with Crippen LogP contribution in [-0.2, 0) is 0 Å². The van der Waals surface area contributed by atoms with Crippen LogP contribution in [0.1, 0.15) is 23.3 Å². The Hall–Kier alpha value is -1.43. The van der Waals surface area contributed by atoms with Gasteiger partial charge in [-0.1, -0.05) is 12.1 Å². The van der Waals surface area contributed by atoms with Crippen LogP contribution in [0.25, 0.3) is 11.0 Å². The summed E-state index contributed by atoms with van der Waals surface area (Å²) in [5.74, 6) is 0.370. The highest BCUT2D eigenvalue weighted by atomic mass is 35.5. The van der Waals surface area contributed by atoms with E-state index in [4.69, 9.17) is 0 Å². The van der Waals surface area contributed by atoms with Crippen molar-refractivity contribution in [3.8, 4) is 0 Å². The Morgan fingerprint density at radius 3 is 2.77 bits per heavy atom. The van der Waals surface area contributed by atoms with Gasteiger partial charge in [-0.25, -0.2) is 4.98 Å². The first kappa shape index (κ1) is 18.6. The van der Waals surface area contributed by atoms with Crippen molar-refractivity contribution in [1.29, 1.82) is 0 Å². The molecule has 120 valence electrons. The Morgan fingerprint density at radius 1 is 1.27 bits per heavy atom. The molecular formula is C15H20Cl2N4O. The lowest BCUT2D eigenvalue weighted by atomic mass is 10.00. The number of para-hydroxylation sites is 2. The third-order valence-corrected chi connectivity index (χ3v) is 3.63. The van der Waals surface area contributed by atoms with Gasteiger partial charge in [0.15, 0.2) is 0 Å². The van der Waals surface area contributed by atoms with E-state index in [-0.39, 0.29) is 30.7 Å². The zero-order valence-electron chi connectivity index (χ0n) is 12.1. The molecule has 0 aliphatic carbocycles. The number of rotatable bonds is 3. The smallest absolute Gasteiger partial charge is 0.271 e. The third-order valence-electron chi connectivity index (χ3n) is 3.63. The molecule has 3 rings (SSSR count). The van der Waals surface area contributed by atoms with E-state index in [1.807, 2.05) is 24.3 Å². The van der Waals surface area contributed by atoms with E-state index in [0.29, 0.717) is 18.2 Å². The lowest BCUT2D eigenvalue weighted by Crippen LogP contribution is -2.38. The summed E-state index contributed by atoms with van der Waals surface area (Å²) in [6, 6.07) is 7.56. The number of aromatic nitrogens is 2. The van der Waals surface area contributed by atoms with Crippen molar-refractivity contribution in [3.63, 3.8) is 0 Å². The van der Waals surface area contributed by atoms with Crippen LogP contribution in [0.5, 0.6) is 0 Å². The van der Waals surface area contributed by atoms with Crippen LogP contribution < -0.4 is 10.6 Å². The SMILES string of the molecule is Cl.Cl.O=C(NCC1CCCNC1)c1cnc2ccccc2n1. The van der Waals surface area contributed by atoms with Crippen LogP contribution in [0.3, 0.4) is 0 Å². The van der Waals surface area contributed by atoms with Gasteiger partial charge in [-0.15, -0.1) is 24.8 Å².